The maximum absolute atomic E-state index is 5.18. The van der Waals surface area contributed by atoms with Crippen LogP contribution in [0.5, 0.6) is 0 Å². The highest BCUT2D eigenvalue weighted by Gasteiger charge is 2.14. The van der Waals surface area contributed by atoms with E-state index in [1.54, 1.807) is 0 Å². The fourth-order valence-electron chi connectivity index (χ4n) is 1.87. The van der Waals surface area contributed by atoms with E-state index in [0.29, 0.717) is 5.41 Å². The molecule has 2 heteroatoms. The molecule has 15 heavy (non-hydrogen) atoms. The summed E-state index contributed by atoms with van der Waals surface area (Å²) in [5.74, 6) is 0.758. The maximum atomic E-state index is 5.18. The van der Waals surface area contributed by atoms with Crippen molar-refractivity contribution in [3.63, 3.8) is 0 Å². The summed E-state index contributed by atoms with van der Waals surface area (Å²) in [7, 11) is 0. The molecule has 2 nitrogen and oxygen atoms in total. The van der Waals surface area contributed by atoms with E-state index in [9.17, 15) is 0 Å². The van der Waals surface area contributed by atoms with E-state index < -0.39 is 0 Å². The zero-order valence-corrected chi connectivity index (χ0v) is 11.0. The zero-order chi connectivity index (χ0) is 11.9. The standard InChI is InChI=1S/C13H27NO/c1-7-15-12(3)14-9-8-11(2)10-13(4,5)6/h7,11-12,14H,1,8-10H2,2-6H3. The average Bonchev–Trinajstić information content (AvgIpc) is 2.00. The van der Waals surface area contributed by atoms with Crippen LogP contribution in [-0.2, 0) is 4.74 Å². The largest absolute Gasteiger partial charge is 0.484 e. The molecular weight excluding hydrogens is 186 g/mol. The number of nitrogens with one attached hydrogen (secondary N) is 1. The molecule has 0 radical (unpaired) electrons. The predicted molar refractivity (Wildman–Crippen MR) is 66.6 cm³/mol. The van der Waals surface area contributed by atoms with Crippen LogP contribution in [0.4, 0.5) is 0 Å². The number of hydrogen-bond acceptors (Lipinski definition) is 2. The van der Waals surface area contributed by atoms with E-state index in [0.717, 1.165) is 12.5 Å². The Labute approximate surface area is 95.1 Å². The minimum atomic E-state index is 0.0735. The SMILES string of the molecule is C=COC(C)NCCC(C)CC(C)(C)C. The Balaban J connectivity index is 3.54. The van der Waals surface area contributed by atoms with Crippen LogP contribution in [0.1, 0.15) is 47.5 Å². The molecule has 0 aromatic heterocycles. The van der Waals surface area contributed by atoms with E-state index in [1.165, 1.54) is 19.1 Å². The van der Waals surface area contributed by atoms with Crippen LogP contribution in [-0.4, -0.2) is 12.8 Å². The third kappa shape index (κ3) is 9.80. The van der Waals surface area contributed by atoms with Crippen molar-refractivity contribution in [2.45, 2.75) is 53.7 Å². The molecule has 0 aromatic carbocycles. The van der Waals surface area contributed by atoms with Crippen LogP contribution in [0, 0.1) is 11.3 Å². The van der Waals surface area contributed by atoms with E-state index in [4.69, 9.17) is 4.74 Å². The second-order valence-electron chi connectivity index (χ2n) is 5.56. The lowest BCUT2D eigenvalue weighted by Crippen LogP contribution is -2.29. The average molecular weight is 213 g/mol. The molecule has 0 saturated carbocycles. The highest BCUT2D eigenvalue weighted by atomic mass is 16.5. The molecule has 0 aliphatic carbocycles. The molecule has 0 aliphatic rings. The number of ether oxygens (including phenoxy) is 1. The first-order valence-electron chi connectivity index (χ1n) is 5.85. The van der Waals surface area contributed by atoms with Crippen LogP contribution in [0.2, 0.25) is 0 Å². The van der Waals surface area contributed by atoms with Crippen LogP contribution in [0.15, 0.2) is 12.8 Å². The van der Waals surface area contributed by atoms with E-state index in [-0.39, 0.29) is 6.23 Å². The van der Waals surface area contributed by atoms with Gasteiger partial charge in [-0.3, -0.25) is 5.32 Å². The summed E-state index contributed by atoms with van der Waals surface area (Å²) in [6.45, 7) is 15.7. The van der Waals surface area contributed by atoms with Crippen molar-refractivity contribution in [2.75, 3.05) is 6.54 Å². The van der Waals surface area contributed by atoms with Crippen molar-refractivity contribution < 1.29 is 4.74 Å². The molecular formula is C13H27NO. The molecule has 0 aliphatic heterocycles. The summed E-state index contributed by atoms with van der Waals surface area (Å²) >= 11 is 0. The minimum Gasteiger partial charge on any atom is -0.484 e. The van der Waals surface area contributed by atoms with Gasteiger partial charge in [-0.05, 0) is 37.6 Å². The lowest BCUT2D eigenvalue weighted by molar-refractivity contribution is 0.126. The fraction of sp³-hybridized carbons (Fsp3) is 0.846. The molecule has 0 bridgehead atoms. The molecule has 1 N–H and O–H groups in total. The van der Waals surface area contributed by atoms with E-state index in [2.05, 4.69) is 39.6 Å². The van der Waals surface area contributed by atoms with Gasteiger partial charge < -0.3 is 4.74 Å². The topological polar surface area (TPSA) is 21.3 Å². The molecule has 2 unspecified atom stereocenters. The highest BCUT2D eigenvalue weighted by Crippen LogP contribution is 2.25. The van der Waals surface area contributed by atoms with Gasteiger partial charge in [-0.2, -0.15) is 0 Å². The molecule has 0 saturated heterocycles. The van der Waals surface area contributed by atoms with Crippen molar-refractivity contribution in [2.24, 2.45) is 11.3 Å². The summed E-state index contributed by atoms with van der Waals surface area (Å²) in [4.78, 5) is 0. The Morgan fingerprint density at radius 2 is 1.93 bits per heavy atom. The number of rotatable bonds is 7. The van der Waals surface area contributed by atoms with Gasteiger partial charge in [-0.25, -0.2) is 0 Å². The fourth-order valence-corrected chi connectivity index (χ4v) is 1.87. The van der Waals surface area contributed by atoms with Crippen LogP contribution >= 0.6 is 0 Å². The summed E-state index contributed by atoms with van der Waals surface area (Å²) in [6.07, 6.45) is 4.02. The van der Waals surface area contributed by atoms with Gasteiger partial charge in [0.25, 0.3) is 0 Å². The smallest absolute Gasteiger partial charge is 0.146 e. The molecule has 0 rings (SSSR count). The minimum absolute atomic E-state index is 0.0735. The lowest BCUT2D eigenvalue weighted by Gasteiger charge is -2.23. The zero-order valence-electron chi connectivity index (χ0n) is 11.0. The van der Waals surface area contributed by atoms with Crippen LogP contribution in [0.3, 0.4) is 0 Å². The van der Waals surface area contributed by atoms with Crippen molar-refractivity contribution in [1.82, 2.24) is 5.32 Å². The van der Waals surface area contributed by atoms with Gasteiger partial charge in [0.05, 0.1) is 6.26 Å². The van der Waals surface area contributed by atoms with Gasteiger partial charge in [0.15, 0.2) is 0 Å². The Morgan fingerprint density at radius 1 is 1.33 bits per heavy atom. The molecule has 90 valence electrons. The van der Waals surface area contributed by atoms with Gasteiger partial charge in [-0.15, -0.1) is 0 Å². The van der Waals surface area contributed by atoms with Crippen molar-refractivity contribution in [3.05, 3.63) is 12.8 Å². The molecule has 0 spiro atoms. The van der Waals surface area contributed by atoms with Gasteiger partial charge in [0, 0.05) is 0 Å². The molecule has 0 aromatic rings. The lowest BCUT2D eigenvalue weighted by atomic mass is 9.84. The first-order valence-corrected chi connectivity index (χ1v) is 5.85. The van der Waals surface area contributed by atoms with Gasteiger partial charge in [-0.1, -0.05) is 34.3 Å². The van der Waals surface area contributed by atoms with Crippen molar-refractivity contribution in [3.8, 4) is 0 Å². The molecule has 0 heterocycles. The Morgan fingerprint density at radius 3 is 2.40 bits per heavy atom. The van der Waals surface area contributed by atoms with Crippen molar-refractivity contribution >= 4 is 0 Å². The van der Waals surface area contributed by atoms with Gasteiger partial charge in [0.2, 0.25) is 0 Å². The second-order valence-corrected chi connectivity index (χ2v) is 5.56. The first kappa shape index (κ1) is 14.5. The second kappa shape index (κ2) is 6.89. The molecule has 2 atom stereocenters. The molecule has 0 amide bonds. The monoisotopic (exact) mass is 213 g/mol. The normalized spacial score (nSPS) is 15.8. The van der Waals surface area contributed by atoms with Crippen LogP contribution in [0.25, 0.3) is 0 Å². The first-order chi connectivity index (χ1) is 6.85. The third-order valence-electron chi connectivity index (χ3n) is 2.33. The summed E-state index contributed by atoms with van der Waals surface area (Å²) in [5, 5.41) is 3.31. The van der Waals surface area contributed by atoms with E-state index in [1.807, 2.05) is 6.92 Å². The quantitative estimate of drug-likeness (QED) is 0.516. The maximum Gasteiger partial charge on any atom is 0.146 e. The highest BCUT2D eigenvalue weighted by molar-refractivity contribution is 4.67. The summed E-state index contributed by atoms with van der Waals surface area (Å²) in [5.41, 5.74) is 0.433. The Hall–Kier alpha value is -0.500. The van der Waals surface area contributed by atoms with Gasteiger partial charge in [0.1, 0.15) is 6.23 Å². The van der Waals surface area contributed by atoms with Gasteiger partial charge >= 0.3 is 0 Å². The third-order valence-corrected chi connectivity index (χ3v) is 2.33. The van der Waals surface area contributed by atoms with E-state index >= 15 is 0 Å². The number of hydrogen-bond donors (Lipinski definition) is 1. The summed E-state index contributed by atoms with van der Waals surface area (Å²) in [6, 6.07) is 0. The summed E-state index contributed by atoms with van der Waals surface area (Å²) < 4.78 is 5.18. The Kier molecular flexibility index (Phi) is 6.66. The Bertz CT molecular complexity index is 172. The van der Waals surface area contributed by atoms with Crippen LogP contribution < -0.4 is 5.32 Å². The van der Waals surface area contributed by atoms with Crippen molar-refractivity contribution in [1.29, 1.82) is 0 Å². The predicted octanol–water partition coefficient (Wildman–Crippen LogP) is 3.54. The molecule has 0 fully saturated rings.